The zero-order valence-electron chi connectivity index (χ0n) is 8.25. The zero-order valence-corrected chi connectivity index (χ0v) is 8.25. The summed E-state index contributed by atoms with van der Waals surface area (Å²) in [6.07, 6.45) is 9.71. The Kier molecular flexibility index (Phi) is 3.82. The van der Waals surface area contributed by atoms with Gasteiger partial charge in [0.05, 0.1) is 6.54 Å². The van der Waals surface area contributed by atoms with Crippen molar-refractivity contribution in [1.82, 2.24) is 4.90 Å². The fourth-order valence-corrected chi connectivity index (χ4v) is 1.89. The minimum atomic E-state index is 0.258. The van der Waals surface area contributed by atoms with E-state index >= 15 is 0 Å². The van der Waals surface area contributed by atoms with Gasteiger partial charge in [-0.15, -0.1) is 6.42 Å². The normalized spacial score (nSPS) is 16.9. The van der Waals surface area contributed by atoms with Crippen LogP contribution >= 0.6 is 0 Å². The molecule has 0 heterocycles. The molecule has 0 aromatic carbocycles. The first-order valence-corrected chi connectivity index (χ1v) is 5.01. The van der Waals surface area contributed by atoms with Gasteiger partial charge in [-0.2, -0.15) is 0 Å². The van der Waals surface area contributed by atoms with Crippen LogP contribution in [0.4, 0.5) is 0 Å². The Bertz CT molecular complexity index is 211. The molecule has 72 valence electrons. The van der Waals surface area contributed by atoms with Crippen LogP contribution in [0.15, 0.2) is 0 Å². The number of hydrogen-bond acceptors (Lipinski definition) is 1. The van der Waals surface area contributed by atoms with Crippen molar-refractivity contribution in [2.45, 2.75) is 32.6 Å². The van der Waals surface area contributed by atoms with Crippen LogP contribution in [0, 0.1) is 18.3 Å². The van der Waals surface area contributed by atoms with Gasteiger partial charge in [0.1, 0.15) is 0 Å². The van der Waals surface area contributed by atoms with Crippen LogP contribution in [0.25, 0.3) is 0 Å². The first-order valence-electron chi connectivity index (χ1n) is 5.01. The van der Waals surface area contributed by atoms with E-state index in [4.69, 9.17) is 6.42 Å². The van der Waals surface area contributed by atoms with Crippen molar-refractivity contribution in [1.29, 1.82) is 0 Å². The van der Waals surface area contributed by atoms with Crippen molar-refractivity contribution >= 4 is 5.91 Å². The molecular weight excluding hydrogens is 162 g/mol. The molecule has 13 heavy (non-hydrogen) atoms. The average molecular weight is 179 g/mol. The highest BCUT2D eigenvalue weighted by Crippen LogP contribution is 2.26. The lowest BCUT2D eigenvalue weighted by molar-refractivity contribution is -0.134. The van der Waals surface area contributed by atoms with E-state index in [1.54, 1.807) is 4.90 Å². The Morgan fingerprint density at radius 2 is 2.15 bits per heavy atom. The number of carbonyl (C=O) groups is 1. The first kappa shape index (κ1) is 10.1. The summed E-state index contributed by atoms with van der Waals surface area (Å²) in [5, 5.41) is 0. The fraction of sp³-hybridized carbons (Fsp3) is 0.727. The fourth-order valence-electron chi connectivity index (χ4n) is 1.89. The monoisotopic (exact) mass is 179 g/mol. The molecule has 0 bridgehead atoms. The molecule has 0 atom stereocenters. The maximum absolute atomic E-state index is 11.8. The second kappa shape index (κ2) is 4.91. The van der Waals surface area contributed by atoms with E-state index in [1.165, 1.54) is 12.8 Å². The van der Waals surface area contributed by atoms with E-state index < -0.39 is 0 Å². The van der Waals surface area contributed by atoms with E-state index in [-0.39, 0.29) is 11.8 Å². The van der Waals surface area contributed by atoms with Crippen molar-refractivity contribution in [3.8, 4) is 12.3 Å². The van der Waals surface area contributed by atoms with Crippen molar-refractivity contribution < 1.29 is 4.79 Å². The quantitative estimate of drug-likeness (QED) is 0.603. The van der Waals surface area contributed by atoms with Crippen LogP contribution in [0.1, 0.15) is 32.6 Å². The predicted molar refractivity (Wildman–Crippen MR) is 53.0 cm³/mol. The lowest BCUT2D eigenvalue weighted by Gasteiger charge is -2.21. The predicted octanol–water partition coefficient (Wildman–Crippen LogP) is 1.66. The summed E-state index contributed by atoms with van der Waals surface area (Å²) in [6.45, 7) is 3.18. The third kappa shape index (κ3) is 2.48. The van der Waals surface area contributed by atoms with Gasteiger partial charge in [-0.05, 0) is 19.8 Å². The van der Waals surface area contributed by atoms with Gasteiger partial charge in [0.15, 0.2) is 0 Å². The summed E-state index contributed by atoms with van der Waals surface area (Å²) < 4.78 is 0. The molecule has 0 radical (unpaired) electrons. The lowest BCUT2D eigenvalue weighted by atomic mass is 10.1. The highest BCUT2D eigenvalue weighted by molar-refractivity contribution is 5.79. The second-order valence-corrected chi connectivity index (χ2v) is 3.54. The molecule has 1 aliphatic rings. The highest BCUT2D eigenvalue weighted by atomic mass is 16.2. The molecule has 1 fully saturated rings. The maximum Gasteiger partial charge on any atom is 0.226 e. The smallest absolute Gasteiger partial charge is 0.226 e. The van der Waals surface area contributed by atoms with Crippen LogP contribution in [0.5, 0.6) is 0 Å². The number of terminal acetylenes is 1. The van der Waals surface area contributed by atoms with Crippen LogP contribution in [0.3, 0.4) is 0 Å². The molecule has 0 unspecified atom stereocenters. The highest BCUT2D eigenvalue weighted by Gasteiger charge is 2.25. The van der Waals surface area contributed by atoms with Crippen LogP contribution in [0.2, 0.25) is 0 Å². The number of carbonyl (C=O) groups excluding carboxylic acids is 1. The van der Waals surface area contributed by atoms with Gasteiger partial charge in [0.2, 0.25) is 5.91 Å². The Morgan fingerprint density at radius 1 is 1.54 bits per heavy atom. The van der Waals surface area contributed by atoms with Gasteiger partial charge >= 0.3 is 0 Å². The average Bonchev–Trinajstić information content (AvgIpc) is 2.65. The molecule has 0 N–H and O–H groups in total. The molecule has 1 amide bonds. The van der Waals surface area contributed by atoms with Crippen molar-refractivity contribution in [2.75, 3.05) is 13.1 Å². The lowest BCUT2D eigenvalue weighted by Crippen LogP contribution is -2.35. The van der Waals surface area contributed by atoms with E-state index in [1.807, 2.05) is 6.92 Å². The summed E-state index contributed by atoms with van der Waals surface area (Å²) in [6, 6.07) is 0. The molecule has 0 spiro atoms. The zero-order chi connectivity index (χ0) is 9.68. The van der Waals surface area contributed by atoms with E-state index in [9.17, 15) is 4.79 Å². The minimum absolute atomic E-state index is 0.258. The van der Waals surface area contributed by atoms with Crippen molar-refractivity contribution in [3.05, 3.63) is 0 Å². The third-order valence-corrected chi connectivity index (χ3v) is 2.68. The Morgan fingerprint density at radius 3 is 2.62 bits per heavy atom. The molecule has 1 aliphatic carbocycles. The Labute approximate surface area is 80.3 Å². The largest absolute Gasteiger partial charge is 0.332 e. The topological polar surface area (TPSA) is 20.3 Å². The molecule has 2 nitrogen and oxygen atoms in total. The SMILES string of the molecule is C#CCN(CC)C(=O)C1CCCC1. The van der Waals surface area contributed by atoms with E-state index in [2.05, 4.69) is 5.92 Å². The Balaban J connectivity index is 2.48. The molecule has 0 aromatic heterocycles. The maximum atomic E-state index is 11.8. The molecule has 0 aliphatic heterocycles. The van der Waals surface area contributed by atoms with Gasteiger partial charge in [-0.25, -0.2) is 0 Å². The summed E-state index contributed by atoms with van der Waals surface area (Å²) in [5.41, 5.74) is 0. The molecule has 2 heteroatoms. The number of nitrogens with zero attached hydrogens (tertiary/aromatic N) is 1. The molecule has 0 saturated heterocycles. The summed E-state index contributed by atoms with van der Waals surface area (Å²) in [5.74, 6) is 3.05. The molecule has 1 saturated carbocycles. The number of hydrogen-bond donors (Lipinski definition) is 0. The minimum Gasteiger partial charge on any atom is -0.332 e. The number of rotatable bonds is 3. The van der Waals surface area contributed by atoms with Gasteiger partial charge in [-0.1, -0.05) is 18.8 Å². The molecular formula is C11H17NO. The summed E-state index contributed by atoms with van der Waals surface area (Å²) in [7, 11) is 0. The first-order chi connectivity index (χ1) is 6.29. The van der Waals surface area contributed by atoms with Crippen LogP contribution in [-0.4, -0.2) is 23.9 Å². The van der Waals surface area contributed by atoms with Crippen LogP contribution in [-0.2, 0) is 4.79 Å². The molecule has 0 aromatic rings. The summed E-state index contributed by atoms with van der Waals surface area (Å²) >= 11 is 0. The second-order valence-electron chi connectivity index (χ2n) is 3.54. The third-order valence-electron chi connectivity index (χ3n) is 2.68. The van der Waals surface area contributed by atoms with E-state index in [0.29, 0.717) is 6.54 Å². The van der Waals surface area contributed by atoms with Gasteiger partial charge in [-0.3, -0.25) is 4.79 Å². The molecule has 1 rings (SSSR count). The summed E-state index contributed by atoms with van der Waals surface area (Å²) in [4.78, 5) is 13.6. The van der Waals surface area contributed by atoms with Gasteiger partial charge < -0.3 is 4.90 Å². The van der Waals surface area contributed by atoms with Crippen molar-refractivity contribution in [2.24, 2.45) is 5.92 Å². The van der Waals surface area contributed by atoms with Gasteiger partial charge in [0, 0.05) is 12.5 Å². The van der Waals surface area contributed by atoms with E-state index in [0.717, 1.165) is 19.4 Å². The van der Waals surface area contributed by atoms with Crippen molar-refractivity contribution in [3.63, 3.8) is 0 Å². The standard InChI is InChI=1S/C11H17NO/c1-3-9-12(4-2)11(13)10-7-5-6-8-10/h1,10H,4-9H2,2H3. The Hall–Kier alpha value is -0.970. The van der Waals surface area contributed by atoms with Gasteiger partial charge in [0.25, 0.3) is 0 Å². The van der Waals surface area contributed by atoms with Crippen LogP contribution < -0.4 is 0 Å². The number of amides is 1.